The number of nitrogens with two attached hydrogens (primary N) is 7. The molecule has 1 fully saturated rings. The van der Waals surface area contributed by atoms with Gasteiger partial charge in [0, 0.05) is 31.1 Å². The molecule has 0 saturated carbocycles. The minimum absolute atomic E-state index is 0.0370. The molecule has 0 radical (unpaired) electrons. The molecular formula is C46H77ClN16O11. The lowest BCUT2D eigenvalue weighted by Gasteiger charge is -2.30. The lowest BCUT2D eigenvalue weighted by atomic mass is 10.0. The fourth-order valence-corrected chi connectivity index (χ4v) is 7.81. The Bertz CT molecular complexity index is 2110. The topological polar surface area (TPSA) is 476 Å². The van der Waals surface area contributed by atoms with E-state index in [-0.39, 0.29) is 82.1 Å². The SMILES string of the molecule is C[C@H](NC(=O)[C@@H](NC(=O)C(N)CCCCN)[C@@H](O)CN)C(=O)NCC(=O)N[C@H](CCCN)C(=O)N1CCC[C@H]1C(=O)N[C@@H](Cc1ccccc1Cl)C(=O)N[C@@H](CCCCN)C(=O)N/C(=C\CCN=C(N)N)C(=O)O. The highest BCUT2D eigenvalue weighted by Gasteiger charge is 2.40. The van der Waals surface area contributed by atoms with Crippen LogP contribution in [0.1, 0.15) is 83.1 Å². The van der Waals surface area contributed by atoms with Gasteiger partial charge in [0.2, 0.25) is 47.3 Å². The number of aliphatic carboxylic acids is 1. The molecule has 8 amide bonds. The first-order valence-corrected chi connectivity index (χ1v) is 24.9. The number of likely N-dealkylation sites (tertiary alicyclic amines) is 1. The second-order valence-corrected chi connectivity index (χ2v) is 18.0. The van der Waals surface area contributed by atoms with Crippen molar-refractivity contribution in [3.63, 3.8) is 0 Å². The molecule has 1 aliphatic rings. The molecule has 1 unspecified atom stereocenters. The van der Waals surface area contributed by atoms with Gasteiger partial charge in [-0.15, -0.1) is 0 Å². The lowest BCUT2D eigenvalue weighted by Crippen LogP contribution is -2.60. The molecule has 414 valence electrons. The molecule has 28 heteroatoms. The van der Waals surface area contributed by atoms with Crippen molar-refractivity contribution in [2.45, 2.75) is 132 Å². The van der Waals surface area contributed by atoms with Crippen molar-refractivity contribution >= 4 is 70.8 Å². The number of carbonyl (C=O) groups is 9. The maximum absolute atomic E-state index is 14.2. The van der Waals surface area contributed by atoms with Crippen molar-refractivity contribution in [2.75, 3.05) is 45.8 Å². The van der Waals surface area contributed by atoms with E-state index in [9.17, 15) is 53.4 Å². The van der Waals surface area contributed by atoms with Gasteiger partial charge >= 0.3 is 5.97 Å². The van der Waals surface area contributed by atoms with Crippen LogP contribution in [0.4, 0.5) is 0 Å². The van der Waals surface area contributed by atoms with Gasteiger partial charge in [-0.05, 0) is 102 Å². The molecule has 0 bridgehead atoms. The van der Waals surface area contributed by atoms with Gasteiger partial charge in [0.1, 0.15) is 41.9 Å². The number of guanidine groups is 1. The number of hydrogen-bond acceptors (Lipinski definition) is 16. The van der Waals surface area contributed by atoms with E-state index in [0.717, 1.165) is 0 Å². The van der Waals surface area contributed by atoms with Crippen LogP contribution in [0.2, 0.25) is 5.02 Å². The normalized spacial score (nSPS) is 16.2. The zero-order valence-electron chi connectivity index (χ0n) is 41.8. The highest BCUT2D eigenvalue weighted by molar-refractivity contribution is 6.31. The van der Waals surface area contributed by atoms with Crippen molar-refractivity contribution in [1.82, 2.24) is 42.1 Å². The number of benzene rings is 1. The monoisotopic (exact) mass is 1060 g/mol. The third-order valence-electron chi connectivity index (χ3n) is 11.7. The molecule has 1 aromatic carbocycles. The number of halogens is 1. The number of nitrogens with one attached hydrogen (secondary N) is 7. The predicted octanol–water partition coefficient (Wildman–Crippen LogP) is -5.17. The summed E-state index contributed by atoms with van der Waals surface area (Å²) >= 11 is 6.49. The summed E-state index contributed by atoms with van der Waals surface area (Å²) in [6.45, 7) is 1.15. The number of aliphatic imine (C=N–C) groups is 1. The molecule has 2 rings (SSSR count). The highest BCUT2D eigenvalue weighted by Crippen LogP contribution is 2.22. The van der Waals surface area contributed by atoms with Gasteiger partial charge in [-0.25, -0.2) is 4.79 Å². The summed E-state index contributed by atoms with van der Waals surface area (Å²) in [7, 11) is 0. The minimum atomic E-state index is -1.57. The molecular weight excluding hydrogens is 988 g/mol. The molecule has 1 aliphatic heterocycles. The number of carbonyl (C=O) groups excluding carboxylic acids is 8. The molecule has 8 atom stereocenters. The number of rotatable bonds is 34. The van der Waals surface area contributed by atoms with E-state index in [0.29, 0.717) is 44.2 Å². The molecule has 27 nitrogen and oxygen atoms in total. The Morgan fingerprint density at radius 3 is 2.05 bits per heavy atom. The van der Waals surface area contributed by atoms with E-state index in [4.69, 9.17) is 51.7 Å². The molecule has 0 aromatic heterocycles. The number of carboxylic acids is 1. The largest absolute Gasteiger partial charge is 0.477 e. The van der Waals surface area contributed by atoms with E-state index in [1.165, 1.54) is 17.9 Å². The van der Waals surface area contributed by atoms with E-state index >= 15 is 0 Å². The Labute approximate surface area is 435 Å². The first-order valence-electron chi connectivity index (χ1n) is 24.5. The number of aliphatic hydroxyl groups excluding tert-OH is 1. The van der Waals surface area contributed by atoms with Crippen LogP contribution in [0.15, 0.2) is 41.0 Å². The number of nitrogens with zero attached hydrogens (tertiary/aromatic N) is 2. The molecule has 74 heavy (non-hydrogen) atoms. The Morgan fingerprint density at radius 1 is 0.784 bits per heavy atom. The van der Waals surface area contributed by atoms with Crippen LogP contribution >= 0.6 is 11.6 Å². The number of hydrogen-bond donors (Lipinski definition) is 16. The van der Waals surface area contributed by atoms with Gasteiger partial charge in [-0.2, -0.15) is 0 Å². The predicted molar refractivity (Wildman–Crippen MR) is 275 cm³/mol. The maximum atomic E-state index is 14.2. The molecule has 1 heterocycles. The first kappa shape index (κ1) is 63.6. The van der Waals surface area contributed by atoms with E-state index in [2.05, 4.69) is 42.2 Å². The number of carboxylic acid groups (broad SMARTS) is 1. The molecule has 23 N–H and O–H groups in total. The highest BCUT2D eigenvalue weighted by atomic mass is 35.5. The van der Waals surface area contributed by atoms with Crippen LogP contribution in [0.5, 0.6) is 0 Å². The molecule has 0 spiro atoms. The molecule has 1 saturated heterocycles. The van der Waals surface area contributed by atoms with Gasteiger partial charge in [0.25, 0.3) is 0 Å². The van der Waals surface area contributed by atoms with Crippen LogP contribution in [0, 0.1) is 0 Å². The Hall–Kier alpha value is -6.49. The standard InChI is InChI=1S/C46H77ClN16O11/c1-26(57-43(71)37(35(64)24-51)62-39(67)29(52)13-4-6-18-48)38(66)56-25-36(65)58-31(15-8-20-50)44(72)63-22-10-17-34(63)42(70)61-33(23-27-11-2-3-12-28(27)47)41(69)59-30(14-5-7-19-49)40(68)60-32(45(73)74)16-9-21-55-46(53)54/h2-3,11-12,16,26,29-31,33-35,37,64H,4-10,13-15,17-25,48-52H2,1H3,(H,56,66)(H,57,71)(H,58,65)(H,59,69)(H,60,68)(H,61,70)(H,62,67)(H,73,74)(H4,53,54,55)/b32-16-/t26-,29?,30-,31+,33-,34-,35-,37-/m0/s1. The summed E-state index contributed by atoms with van der Waals surface area (Å²) in [4.78, 5) is 126. The third kappa shape index (κ3) is 22.3. The summed E-state index contributed by atoms with van der Waals surface area (Å²) < 4.78 is 0. The van der Waals surface area contributed by atoms with Gasteiger partial charge in [0.15, 0.2) is 5.96 Å². The van der Waals surface area contributed by atoms with Crippen molar-refractivity contribution in [3.8, 4) is 0 Å². The zero-order valence-corrected chi connectivity index (χ0v) is 42.6. The summed E-state index contributed by atoms with van der Waals surface area (Å²) in [5.41, 5.74) is 39.1. The molecule has 0 aliphatic carbocycles. The van der Waals surface area contributed by atoms with Crippen LogP contribution in [-0.2, 0) is 49.6 Å². The van der Waals surface area contributed by atoms with Crippen LogP contribution in [-0.4, -0.2) is 169 Å². The van der Waals surface area contributed by atoms with Crippen LogP contribution < -0.4 is 77.4 Å². The Morgan fingerprint density at radius 2 is 1.43 bits per heavy atom. The van der Waals surface area contributed by atoms with E-state index < -0.39 is 120 Å². The first-order chi connectivity index (χ1) is 35.2. The van der Waals surface area contributed by atoms with E-state index in [1.807, 2.05) is 0 Å². The summed E-state index contributed by atoms with van der Waals surface area (Å²) in [5.74, 6) is -8.06. The smallest absolute Gasteiger partial charge is 0.352 e. The van der Waals surface area contributed by atoms with Crippen molar-refractivity contribution in [1.29, 1.82) is 0 Å². The van der Waals surface area contributed by atoms with Crippen LogP contribution in [0.25, 0.3) is 0 Å². The van der Waals surface area contributed by atoms with Gasteiger partial charge in [-0.3, -0.25) is 43.3 Å². The average molecular weight is 1070 g/mol. The van der Waals surface area contributed by atoms with E-state index in [1.54, 1.807) is 24.3 Å². The molecule has 1 aromatic rings. The van der Waals surface area contributed by atoms with Gasteiger partial charge < -0.3 is 92.5 Å². The Balaban J connectivity index is 2.26. The number of amides is 8. The second-order valence-electron chi connectivity index (χ2n) is 17.6. The van der Waals surface area contributed by atoms with Crippen molar-refractivity contribution in [3.05, 3.63) is 46.6 Å². The average Bonchev–Trinajstić information content (AvgIpc) is 3.87. The third-order valence-corrected chi connectivity index (χ3v) is 12.1. The minimum Gasteiger partial charge on any atom is -0.477 e. The summed E-state index contributed by atoms with van der Waals surface area (Å²) in [5, 5.41) is 37.9. The lowest BCUT2D eigenvalue weighted by molar-refractivity contribution is -0.142. The fourth-order valence-electron chi connectivity index (χ4n) is 7.60. The number of aliphatic hydroxyl groups is 1. The summed E-state index contributed by atoms with van der Waals surface area (Å²) in [6, 6.07) is -2.33. The van der Waals surface area contributed by atoms with Gasteiger partial charge in [-0.1, -0.05) is 42.3 Å². The summed E-state index contributed by atoms with van der Waals surface area (Å²) in [6.07, 6.45) is 2.70. The van der Waals surface area contributed by atoms with Crippen molar-refractivity contribution in [2.24, 2.45) is 45.1 Å². The van der Waals surface area contributed by atoms with Gasteiger partial charge in [0.05, 0.1) is 18.7 Å². The van der Waals surface area contributed by atoms with Crippen molar-refractivity contribution < 1.29 is 53.4 Å². The quantitative estimate of drug-likeness (QED) is 0.0133. The number of unbranched alkanes of at least 4 members (excludes halogenated alkanes) is 2. The van der Waals surface area contributed by atoms with Crippen LogP contribution in [0.3, 0.4) is 0 Å². The zero-order chi connectivity index (χ0) is 55.3. The second kappa shape index (κ2) is 34.1. The fraction of sp³-hybridized carbons (Fsp3) is 0.609. The Kier molecular flexibility index (Phi) is 29.3. The maximum Gasteiger partial charge on any atom is 0.352 e.